The number of para-hydroxylation sites is 1. The van der Waals surface area contributed by atoms with Crippen molar-refractivity contribution >= 4 is 22.9 Å². The Morgan fingerprint density at radius 3 is 2.15 bits per heavy atom. The lowest BCUT2D eigenvalue weighted by Gasteiger charge is -2.37. The van der Waals surface area contributed by atoms with Gasteiger partial charge in [0.2, 0.25) is 5.91 Å². The Balaban J connectivity index is 1.68. The van der Waals surface area contributed by atoms with Crippen LogP contribution in [0.15, 0.2) is 42.5 Å². The van der Waals surface area contributed by atoms with E-state index in [9.17, 15) is 35.9 Å². The molecule has 12 heteroatoms. The van der Waals surface area contributed by atoms with Gasteiger partial charge in [0.05, 0.1) is 17.7 Å². The molecule has 6 nitrogen and oxygen atoms in total. The number of nitrogens with zero attached hydrogens (tertiary/aromatic N) is 2. The number of H-pyrrole nitrogens is 1. The first kappa shape index (κ1) is 28.3. The molecule has 1 N–H and O–H groups in total. The van der Waals surface area contributed by atoms with E-state index in [4.69, 9.17) is 4.74 Å². The van der Waals surface area contributed by atoms with Crippen molar-refractivity contribution in [3.8, 4) is 0 Å². The molecule has 1 atom stereocenters. The summed E-state index contributed by atoms with van der Waals surface area (Å²) in [4.78, 5) is 32.3. The second kappa shape index (κ2) is 9.80. The third-order valence-corrected chi connectivity index (χ3v) is 6.36. The summed E-state index contributed by atoms with van der Waals surface area (Å²) in [6.07, 6.45) is -10.7. The zero-order valence-electron chi connectivity index (χ0n) is 21.6. The number of carbonyl (C=O) groups excluding carboxylic acids is 2. The molecular formula is C27H27F6N3O3. The number of ether oxygens (including phenoxy) is 1. The maximum atomic E-state index is 13.6. The molecule has 0 unspecified atom stereocenters. The average molecular weight is 556 g/mol. The van der Waals surface area contributed by atoms with Gasteiger partial charge in [0, 0.05) is 36.6 Å². The number of aromatic amines is 1. The van der Waals surface area contributed by atoms with Gasteiger partial charge in [-0.05, 0) is 56.2 Å². The number of hydrogen-bond donors (Lipinski definition) is 1. The van der Waals surface area contributed by atoms with E-state index in [0.717, 1.165) is 21.4 Å². The van der Waals surface area contributed by atoms with E-state index >= 15 is 0 Å². The van der Waals surface area contributed by atoms with Crippen molar-refractivity contribution in [3.63, 3.8) is 0 Å². The van der Waals surface area contributed by atoms with Crippen LogP contribution in [0.4, 0.5) is 31.1 Å². The van der Waals surface area contributed by atoms with Gasteiger partial charge in [-0.2, -0.15) is 26.3 Å². The van der Waals surface area contributed by atoms with Crippen LogP contribution in [0.5, 0.6) is 0 Å². The molecule has 0 spiro atoms. The first-order valence-electron chi connectivity index (χ1n) is 12.1. The Bertz CT molecular complexity index is 1370. The minimum atomic E-state index is -5.01. The largest absolute Gasteiger partial charge is 0.444 e. The Hall–Kier alpha value is -3.70. The van der Waals surface area contributed by atoms with Gasteiger partial charge in [-0.15, -0.1) is 0 Å². The van der Waals surface area contributed by atoms with E-state index in [-0.39, 0.29) is 24.6 Å². The summed E-state index contributed by atoms with van der Waals surface area (Å²) in [6, 6.07) is 7.48. The Labute approximate surface area is 220 Å². The van der Waals surface area contributed by atoms with E-state index in [1.807, 2.05) is 24.3 Å². The molecule has 1 aliphatic rings. The molecule has 3 aromatic rings. The molecule has 0 saturated heterocycles. The van der Waals surface area contributed by atoms with Crippen LogP contribution in [-0.4, -0.2) is 45.5 Å². The highest BCUT2D eigenvalue weighted by Crippen LogP contribution is 2.37. The van der Waals surface area contributed by atoms with E-state index in [1.54, 1.807) is 20.8 Å². The predicted octanol–water partition coefficient (Wildman–Crippen LogP) is 6.53. The molecule has 0 radical (unpaired) electrons. The zero-order chi connectivity index (χ0) is 28.9. The molecule has 1 aliphatic heterocycles. The second-order valence-corrected chi connectivity index (χ2v) is 10.6. The van der Waals surface area contributed by atoms with Gasteiger partial charge in [-0.1, -0.05) is 18.2 Å². The van der Waals surface area contributed by atoms with Crippen LogP contribution in [0.1, 0.15) is 48.7 Å². The van der Waals surface area contributed by atoms with Gasteiger partial charge < -0.3 is 14.6 Å². The van der Waals surface area contributed by atoms with Crippen LogP contribution in [0.3, 0.4) is 0 Å². The van der Waals surface area contributed by atoms with Crippen LogP contribution in [0, 0.1) is 0 Å². The number of amides is 2. The van der Waals surface area contributed by atoms with Gasteiger partial charge in [0.1, 0.15) is 11.6 Å². The van der Waals surface area contributed by atoms with Crippen molar-refractivity contribution in [2.75, 3.05) is 7.05 Å². The summed E-state index contributed by atoms with van der Waals surface area (Å²) in [5.74, 6) is -0.650. The number of hydrogen-bond acceptors (Lipinski definition) is 3. The molecule has 1 aromatic heterocycles. The van der Waals surface area contributed by atoms with Crippen molar-refractivity contribution in [1.29, 1.82) is 0 Å². The van der Waals surface area contributed by atoms with E-state index in [0.29, 0.717) is 17.8 Å². The predicted molar refractivity (Wildman–Crippen MR) is 130 cm³/mol. The number of fused-ring (bicyclic) bond motifs is 3. The number of alkyl halides is 6. The number of rotatable bonds is 3. The fraction of sp³-hybridized carbons (Fsp3) is 0.407. The SMILES string of the molecule is CN(Cc1cc(C(F)(F)F)cc(C(F)(F)F)c1)C(=O)[C@H]1Cc2c([nH]c3ccccc23)CN1C(=O)OC(C)(C)C. The standard InChI is InChI=1S/C27H27F6N3O3/c1-25(2,3)39-24(38)36-14-21-19(18-7-5-6-8-20(18)34-21)12-22(36)23(37)35(4)13-15-9-16(26(28,29)30)11-17(10-15)27(31,32)33/h5-11,22,34H,12-14H2,1-4H3/t22-/m1/s1. The lowest BCUT2D eigenvalue weighted by Crippen LogP contribution is -2.53. The topological polar surface area (TPSA) is 65.6 Å². The maximum Gasteiger partial charge on any atom is 0.416 e. The second-order valence-electron chi connectivity index (χ2n) is 10.6. The normalized spacial score (nSPS) is 16.3. The summed E-state index contributed by atoms with van der Waals surface area (Å²) < 4.78 is 85.5. The quantitative estimate of drug-likeness (QED) is 0.374. The molecule has 0 saturated carbocycles. The van der Waals surface area contributed by atoms with Gasteiger partial charge in [0.25, 0.3) is 0 Å². The van der Waals surface area contributed by atoms with Crippen molar-refractivity contribution in [2.24, 2.45) is 0 Å². The molecule has 0 bridgehead atoms. The summed E-state index contributed by atoms with van der Waals surface area (Å²) >= 11 is 0. The summed E-state index contributed by atoms with van der Waals surface area (Å²) in [5, 5.41) is 0.851. The highest BCUT2D eigenvalue weighted by atomic mass is 19.4. The van der Waals surface area contributed by atoms with Gasteiger partial charge in [0.15, 0.2) is 0 Å². The fourth-order valence-electron chi connectivity index (χ4n) is 4.66. The van der Waals surface area contributed by atoms with Crippen LogP contribution in [0.25, 0.3) is 10.9 Å². The maximum absolute atomic E-state index is 13.6. The molecule has 2 amide bonds. The Morgan fingerprint density at radius 2 is 1.59 bits per heavy atom. The van der Waals surface area contributed by atoms with Gasteiger partial charge in [-0.3, -0.25) is 9.69 Å². The number of carbonyl (C=O) groups is 2. The van der Waals surface area contributed by atoms with E-state index in [1.165, 1.54) is 11.9 Å². The number of nitrogens with one attached hydrogen (secondary N) is 1. The third kappa shape index (κ3) is 6.15. The summed E-state index contributed by atoms with van der Waals surface area (Å²) in [7, 11) is 1.27. The van der Waals surface area contributed by atoms with Crippen molar-refractivity contribution in [1.82, 2.24) is 14.8 Å². The lowest BCUT2D eigenvalue weighted by atomic mass is 9.95. The number of halogens is 6. The Morgan fingerprint density at radius 1 is 1.00 bits per heavy atom. The molecular weight excluding hydrogens is 528 g/mol. The summed E-state index contributed by atoms with van der Waals surface area (Å²) in [6.45, 7) is 4.46. The number of benzene rings is 2. The molecule has 0 fully saturated rings. The molecule has 39 heavy (non-hydrogen) atoms. The number of likely N-dealkylation sites (N-methyl/N-ethyl adjacent to an activating group) is 1. The van der Waals surface area contributed by atoms with Crippen LogP contribution in [0.2, 0.25) is 0 Å². The summed E-state index contributed by atoms with van der Waals surface area (Å²) in [5.41, 5.74) is -1.84. The first-order valence-corrected chi connectivity index (χ1v) is 12.1. The van der Waals surface area contributed by atoms with Crippen molar-refractivity contribution in [2.45, 2.75) is 64.3 Å². The zero-order valence-corrected chi connectivity index (χ0v) is 21.6. The monoisotopic (exact) mass is 555 g/mol. The van der Waals surface area contributed by atoms with Crippen LogP contribution < -0.4 is 0 Å². The lowest BCUT2D eigenvalue weighted by molar-refractivity contribution is -0.143. The minimum absolute atomic E-state index is 0.00491. The van der Waals surface area contributed by atoms with Gasteiger partial charge in [-0.25, -0.2) is 4.79 Å². The molecule has 2 aromatic carbocycles. The first-order chi connectivity index (χ1) is 17.9. The van der Waals surface area contributed by atoms with E-state index in [2.05, 4.69) is 4.98 Å². The van der Waals surface area contributed by atoms with E-state index < -0.39 is 53.7 Å². The minimum Gasteiger partial charge on any atom is -0.444 e. The molecule has 0 aliphatic carbocycles. The Kier molecular flexibility index (Phi) is 7.11. The molecule has 210 valence electrons. The highest BCUT2D eigenvalue weighted by Gasteiger charge is 2.41. The molecule has 4 rings (SSSR count). The fourth-order valence-corrected chi connectivity index (χ4v) is 4.66. The van der Waals surface area contributed by atoms with Crippen LogP contribution in [-0.2, 0) is 41.4 Å². The number of aromatic nitrogens is 1. The third-order valence-electron chi connectivity index (χ3n) is 6.36. The van der Waals surface area contributed by atoms with Crippen LogP contribution >= 0.6 is 0 Å². The smallest absolute Gasteiger partial charge is 0.416 e. The highest BCUT2D eigenvalue weighted by molar-refractivity contribution is 5.90. The van der Waals surface area contributed by atoms with Crippen molar-refractivity contribution < 1.29 is 40.7 Å². The van der Waals surface area contributed by atoms with Gasteiger partial charge >= 0.3 is 18.4 Å². The van der Waals surface area contributed by atoms with Crippen molar-refractivity contribution in [3.05, 3.63) is 70.4 Å². The molecule has 2 heterocycles. The average Bonchev–Trinajstić information content (AvgIpc) is 3.18.